The maximum atomic E-state index is 2.43. The third-order valence-electron chi connectivity index (χ3n) is 9.28. The molecule has 4 rings (SSSR count). The summed E-state index contributed by atoms with van der Waals surface area (Å²) in [5, 5.41) is 0. The van der Waals surface area contributed by atoms with Crippen LogP contribution in [0.1, 0.15) is 127 Å². The lowest BCUT2D eigenvalue weighted by Crippen LogP contribution is -2.25. The van der Waals surface area contributed by atoms with Gasteiger partial charge in [-0.3, -0.25) is 0 Å². The number of hydrogen-bond acceptors (Lipinski definition) is 0. The van der Waals surface area contributed by atoms with Crippen molar-refractivity contribution in [2.75, 3.05) is 0 Å². The highest BCUT2D eigenvalue weighted by Gasteiger charge is 2.31. The van der Waals surface area contributed by atoms with Crippen molar-refractivity contribution in [3.05, 3.63) is 59.7 Å². The summed E-state index contributed by atoms with van der Waals surface area (Å²) >= 11 is 0. The minimum atomic E-state index is 0.789. The van der Waals surface area contributed by atoms with E-state index in [9.17, 15) is 0 Å². The first-order valence-corrected chi connectivity index (χ1v) is 15.0. The predicted octanol–water partition coefficient (Wildman–Crippen LogP) is 10.7. The zero-order valence-electron chi connectivity index (χ0n) is 22.2. The molecule has 186 valence electrons. The van der Waals surface area contributed by atoms with E-state index in [1.54, 1.807) is 5.56 Å². The molecule has 0 aromatic heterocycles. The van der Waals surface area contributed by atoms with Crippen LogP contribution >= 0.6 is 0 Å². The fourth-order valence-electron chi connectivity index (χ4n) is 6.95. The van der Waals surface area contributed by atoms with E-state index < -0.39 is 0 Å². The normalized spacial score (nSPS) is 25.4. The molecular formula is C34H50. The topological polar surface area (TPSA) is 0 Å². The van der Waals surface area contributed by atoms with E-state index in [0.717, 1.165) is 23.7 Å². The molecule has 2 fully saturated rings. The van der Waals surface area contributed by atoms with Crippen LogP contribution in [-0.4, -0.2) is 0 Å². The molecule has 0 heterocycles. The van der Waals surface area contributed by atoms with E-state index in [1.807, 2.05) is 0 Å². The lowest BCUT2D eigenvalue weighted by molar-refractivity contribution is 0.155. The van der Waals surface area contributed by atoms with Crippen molar-refractivity contribution < 1.29 is 0 Å². The highest BCUT2D eigenvalue weighted by molar-refractivity contribution is 5.64. The lowest BCUT2D eigenvalue weighted by atomic mass is 9.68. The second kappa shape index (κ2) is 13.5. The van der Waals surface area contributed by atoms with E-state index in [1.165, 1.54) is 119 Å². The van der Waals surface area contributed by atoms with Crippen molar-refractivity contribution in [3.8, 4) is 11.1 Å². The lowest BCUT2D eigenvalue weighted by Gasteiger charge is -2.38. The summed E-state index contributed by atoms with van der Waals surface area (Å²) in [7, 11) is 0. The standard InChI is InChI=1S/C34H50/c1-3-5-7-9-27-11-15-29(16-12-27)31-19-23-33(24-20-31)34-25-21-32(22-26-34)30-17-13-28(14-18-30)10-8-6-4-2/h11-12,15-16,19-20,23-24,28,30,32,34H,3-10,13-14,17-18,21-22,25-26H2,1-2H3/t28-,30-,32-,34-. The van der Waals surface area contributed by atoms with Crippen LogP contribution in [0, 0.1) is 17.8 Å². The Morgan fingerprint density at radius 1 is 0.559 bits per heavy atom. The summed E-state index contributed by atoms with van der Waals surface area (Å²) in [5.41, 5.74) is 5.79. The zero-order chi connectivity index (χ0) is 23.6. The molecule has 0 saturated heterocycles. The zero-order valence-corrected chi connectivity index (χ0v) is 22.2. The Morgan fingerprint density at radius 3 is 1.68 bits per heavy atom. The van der Waals surface area contributed by atoms with Crippen molar-refractivity contribution >= 4 is 0 Å². The summed E-state index contributed by atoms with van der Waals surface area (Å²) in [5.74, 6) is 3.89. The molecule has 0 spiro atoms. The fraction of sp³-hybridized carbons (Fsp3) is 0.647. The van der Waals surface area contributed by atoms with E-state index >= 15 is 0 Å². The minimum Gasteiger partial charge on any atom is -0.0654 e. The Labute approximate surface area is 211 Å². The molecule has 0 aliphatic heterocycles. The molecule has 0 heteroatoms. The van der Waals surface area contributed by atoms with Gasteiger partial charge in [0.15, 0.2) is 0 Å². The van der Waals surface area contributed by atoms with Gasteiger partial charge in [0.2, 0.25) is 0 Å². The van der Waals surface area contributed by atoms with Gasteiger partial charge in [-0.1, -0.05) is 114 Å². The average molecular weight is 459 g/mol. The number of benzene rings is 2. The molecule has 2 aromatic carbocycles. The van der Waals surface area contributed by atoms with E-state index in [4.69, 9.17) is 0 Å². The molecule has 0 unspecified atom stereocenters. The molecule has 2 saturated carbocycles. The molecule has 0 radical (unpaired) electrons. The van der Waals surface area contributed by atoms with Gasteiger partial charge in [0, 0.05) is 0 Å². The number of rotatable bonds is 11. The van der Waals surface area contributed by atoms with Gasteiger partial charge in [-0.25, -0.2) is 0 Å². The summed E-state index contributed by atoms with van der Waals surface area (Å²) in [6.07, 6.45) is 22.8. The van der Waals surface area contributed by atoms with Crippen molar-refractivity contribution in [1.82, 2.24) is 0 Å². The fourth-order valence-corrected chi connectivity index (χ4v) is 6.95. The third kappa shape index (κ3) is 7.22. The Balaban J connectivity index is 1.22. The van der Waals surface area contributed by atoms with Crippen LogP contribution in [0.15, 0.2) is 48.5 Å². The highest BCUT2D eigenvalue weighted by atomic mass is 14.4. The number of unbranched alkanes of at least 4 members (excludes halogenated alkanes) is 4. The van der Waals surface area contributed by atoms with E-state index in [2.05, 4.69) is 62.4 Å². The van der Waals surface area contributed by atoms with Gasteiger partial charge in [0.1, 0.15) is 0 Å². The molecule has 2 aliphatic rings. The quantitative estimate of drug-likeness (QED) is 0.294. The Kier molecular flexibility index (Phi) is 10.1. The monoisotopic (exact) mass is 458 g/mol. The molecular weight excluding hydrogens is 408 g/mol. The van der Waals surface area contributed by atoms with Gasteiger partial charge in [0.05, 0.1) is 0 Å². The molecule has 2 aliphatic carbocycles. The molecule has 0 nitrogen and oxygen atoms in total. The maximum Gasteiger partial charge on any atom is -0.0162 e. The third-order valence-corrected chi connectivity index (χ3v) is 9.28. The van der Waals surface area contributed by atoms with Gasteiger partial charge in [-0.05, 0) is 97.3 Å². The first-order chi connectivity index (χ1) is 16.8. The first-order valence-electron chi connectivity index (χ1n) is 15.0. The van der Waals surface area contributed by atoms with Crippen LogP contribution in [0.4, 0.5) is 0 Å². The average Bonchev–Trinajstić information content (AvgIpc) is 2.90. The molecule has 0 atom stereocenters. The predicted molar refractivity (Wildman–Crippen MR) is 149 cm³/mol. The largest absolute Gasteiger partial charge is 0.0654 e. The molecule has 0 N–H and O–H groups in total. The van der Waals surface area contributed by atoms with Crippen LogP contribution in [-0.2, 0) is 6.42 Å². The maximum absolute atomic E-state index is 2.43. The van der Waals surface area contributed by atoms with E-state index in [-0.39, 0.29) is 0 Å². The molecule has 0 amide bonds. The highest BCUT2D eigenvalue weighted by Crippen LogP contribution is 2.44. The van der Waals surface area contributed by atoms with Crippen molar-refractivity contribution in [3.63, 3.8) is 0 Å². The summed E-state index contributed by atoms with van der Waals surface area (Å²) in [6.45, 7) is 4.61. The van der Waals surface area contributed by atoms with Crippen molar-refractivity contribution in [1.29, 1.82) is 0 Å². The Bertz CT molecular complexity index is 798. The van der Waals surface area contributed by atoms with Crippen molar-refractivity contribution in [2.24, 2.45) is 17.8 Å². The van der Waals surface area contributed by atoms with Gasteiger partial charge in [-0.2, -0.15) is 0 Å². The Hall–Kier alpha value is -1.56. The number of aryl methyl sites for hydroxylation is 1. The summed E-state index contributed by atoms with van der Waals surface area (Å²) < 4.78 is 0. The SMILES string of the molecule is CCCCCc1ccc(-c2ccc([C@H]3CC[C@H]([C@H]4CC[C@H](CCCCC)CC4)CC3)cc2)cc1. The molecule has 0 bridgehead atoms. The van der Waals surface area contributed by atoms with Crippen LogP contribution in [0.3, 0.4) is 0 Å². The van der Waals surface area contributed by atoms with Crippen LogP contribution in [0.5, 0.6) is 0 Å². The number of hydrogen-bond donors (Lipinski definition) is 0. The smallest absolute Gasteiger partial charge is 0.0162 e. The molecule has 34 heavy (non-hydrogen) atoms. The summed E-state index contributed by atoms with van der Waals surface area (Å²) in [4.78, 5) is 0. The van der Waals surface area contributed by atoms with Gasteiger partial charge in [-0.15, -0.1) is 0 Å². The summed E-state index contributed by atoms with van der Waals surface area (Å²) in [6, 6.07) is 18.9. The van der Waals surface area contributed by atoms with Crippen LogP contribution in [0.25, 0.3) is 11.1 Å². The van der Waals surface area contributed by atoms with Crippen LogP contribution < -0.4 is 0 Å². The second-order valence-corrected chi connectivity index (χ2v) is 11.7. The minimum absolute atomic E-state index is 0.789. The van der Waals surface area contributed by atoms with Crippen LogP contribution in [0.2, 0.25) is 0 Å². The first kappa shape index (κ1) is 25.5. The Morgan fingerprint density at radius 2 is 1.09 bits per heavy atom. The second-order valence-electron chi connectivity index (χ2n) is 11.7. The molecule has 2 aromatic rings. The van der Waals surface area contributed by atoms with Gasteiger partial charge >= 0.3 is 0 Å². The van der Waals surface area contributed by atoms with Crippen molar-refractivity contribution in [2.45, 2.75) is 122 Å². The van der Waals surface area contributed by atoms with Gasteiger partial charge in [0.25, 0.3) is 0 Å². The van der Waals surface area contributed by atoms with Gasteiger partial charge < -0.3 is 0 Å². The van der Waals surface area contributed by atoms with E-state index in [0.29, 0.717) is 0 Å².